The molecule has 0 radical (unpaired) electrons. The molecule has 1 aliphatic rings. The first-order valence-electron chi connectivity index (χ1n) is 7.42. The van der Waals surface area contributed by atoms with Gasteiger partial charge in [0, 0.05) is 37.3 Å². The van der Waals surface area contributed by atoms with E-state index in [1.807, 2.05) is 20.9 Å². The molecule has 0 saturated heterocycles. The van der Waals surface area contributed by atoms with Crippen molar-refractivity contribution < 1.29 is 4.79 Å². The van der Waals surface area contributed by atoms with E-state index in [0.29, 0.717) is 12.5 Å². The summed E-state index contributed by atoms with van der Waals surface area (Å²) in [5.74, 6) is 0.133. The van der Waals surface area contributed by atoms with Crippen LogP contribution in [0.25, 0.3) is 0 Å². The molecule has 1 aromatic carbocycles. The Morgan fingerprint density at radius 3 is 2.85 bits per heavy atom. The standard InChI is InChI=1S/C16H25N3O/c1-12(2)18-16(20)9-11-19-10-8-14(17-3)13-6-4-5-7-15(13)19/h4-7,12,14,17H,8-11H2,1-3H3,(H,18,20). The highest BCUT2D eigenvalue weighted by molar-refractivity contribution is 5.77. The molecule has 0 fully saturated rings. The lowest BCUT2D eigenvalue weighted by molar-refractivity contribution is -0.121. The van der Waals surface area contributed by atoms with Crippen LogP contribution in [0.3, 0.4) is 0 Å². The largest absolute Gasteiger partial charge is 0.371 e. The van der Waals surface area contributed by atoms with E-state index in [-0.39, 0.29) is 11.9 Å². The number of para-hydroxylation sites is 1. The molecule has 0 spiro atoms. The van der Waals surface area contributed by atoms with Gasteiger partial charge in [-0.2, -0.15) is 0 Å². The Hall–Kier alpha value is -1.55. The van der Waals surface area contributed by atoms with Gasteiger partial charge >= 0.3 is 0 Å². The zero-order chi connectivity index (χ0) is 14.5. The van der Waals surface area contributed by atoms with Gasteiger partial charge in [0.05, 0.1) is 0 Å². The van der Waals surface area contributed by atoms with Crippen molar-refractivity contribution in [3.63, 3.8) is 0 Å². The maximum Gasteiger partial charge on any atom is 0.221 e. The average Bonchev–Trinajstić information content (AvgIpc) is 2.44. The topological polar surface area (TPSA) is 44.4 Å². The van der Waals surface area contributed by atoms with Crippen LogP contribution in [0.5, 0.6) is 0 Å². The maximum absolute atomic E-state index is 11.8. The van der Waals surface area contributed by atoms with Crippen LogP contribution < -0.4 is 15.5 Å². The van der Waals surface area contributed by atoms with E-state index in [0.717, 1.165) is 19.5 Å². The predicted octanol–water partition coefficient (Wildman–Crippen LogP) is 2.07. The Morgan fingerprint density at radius 1 is 1.40 bits per heavy atom. The molecule has 20 heavy (non-hydrogen) atoms. The number of carbonyl (C=O) groups is 1. The normalized spacial score (nSPS) is 18.0. The summed E-state index contributed by atoms with van der Waals surface area (Å²) in [6.07, 6.45) is 1.63. The van der Waals surface area contributed by atoms with Crippen LogP contribution >= 0.6 is 0 Å². The fraction of sp³-hybridized carbons (Fsp3) is 0.562. The molecule has 1 aliphatic heterocycles. The van der Waals surface area contributed by atoms with Gasteiger partial charge in [0.25, 0.3) is 0 Å². The summed E-state index contributed by atoms with van der Waals surface area (Å²) in [4.78, 5) is 14.1. The third-order valence-electron chi connectivity index (χ3n) is 3.75. The Kier molecular flexibility index (Phi) is 5.01. The van der Waals surface area contributed by atoms with Crippen molar-refractivity contribution in [3.8, 4) is 0 Å². The lowest BCUT2D eigenvalue weighted by Gasteiger charge is -2.35. The Bertz CT molecular complexity index is 459. The zero-order valence-electron chi connectivity index (χ0n) is 12.6. The molecule has 1 unspecified atom stereocenters. The van der Waals surface area contributed by atoms with Crippen LogP contribution in [0.1, 0.15) is 38.3 Å². The summed E-state index contributed by atoms with van der Waals surface area (Å²) in [6.45, 7) is 5.76. The highest BCUT2D eigenvalue weighted by Crippen LogP contribution is 2.33. The molecule has 2 N–H and O–H groups in total. The number of nitrogens with zero attached hydrogens (tertiary/aromatic N) is 1. The SMILES string of the molecule is CNC1CCN(CCC(=O)NC(C)C)c2ccccc21. The number of nitrogens with one attached hydrogen (secondary N) is 2. The van der Waals surface area contributed by atoms with Gasteiger partial charge < -0.3 is 15.5 Å². The number of hydrogen-bond acceptors (Lipinski definition) is 3. The van der Waals surface area contributed by atoms with Crippen LogP contribution in [-0.4, -0.2) is 32.1 Å². The summed E-state index contributed by atoms with van der Waals surface area (Å²) < 4.78 is 0. The molecule has 0 saturated carbocycles. The summed E-state index contributed by atoms with van der Waals surface area (Å²) in [6, 6.07) is 9.11. The molecule has 110 valence electrons. The smallest absolute Gasteiger partial charge is 0.221 e. The quantitative estimate of drug-likeness (QED) is 0.864. The predicted molar refractivity (Wildman–Crippen MR) is 83.0 cm³/mol. The minimum atomic E-state index is 0.133. The third kappa shape index (κ3) is 3.51. The minimum Gasteiger partial charge on any atom is -0.371 e. The van der Waals surface area contributed by atoms with Crippen LogP contribution in [0.2, 0.25) is 0 Å². The highest BCUT2D eigenvalue weighted by Gasteiger charge is 2.23. The molecule has 1 amide bonds. The Morgan fingerprint density at radius 2 is 2.15 bits per heavy atom. The average molecular weight is 275 g/mol. The summed E-state index contributed by atoms with van der Waals surface area (Å²) in [5.41, 5.74) is 2.60. The van der Waals surface area contributed by atoms with Gasteiger partial charge in [-0.25, -0.2) is 0 Å². The zero-order valence-corrected chi connectivity index (χ0v) is 12.6. The molecule has 1 heterocycles. The first kappa shape index (κ1) is 14.9. The number of rotatable bonds is 5. The molecule has 2 rings (SSSR count). The van der Waals surface area contributed by atoms with E-state index in [1.54, 1.807) is 0 Å². The molecule has 4 heteroatoms. The number of hydrogen-bond donors (Lipinski definition) is 2. The van der Waals surface area contributed by atoms with Crippen molar-refractivity contribution >= 4 is 11.6 Å². The molecule has 0 aliphatic carbocycles. The molecular formula is C16H25N3O. The maximum atomic E-state index is 11.8. The fourth-order valence-corrected chi connectivity index (χ4v) is 2.79. The Labute approximate surface area is 121 Å². The lowest BCUT2D eigenvalue weighted by Crippen LogP contribution is -2.38. The van der Waals surface area contributed by atoms with E-state index in [1.165, 1.54) is 11.3 Å². The molecule has 1 atom stereocenters. The van der Waals surface area contributed by atoms with Crippen molar-refractivity contribution in [2.24, 2.45) is 0 Å². The third-order valence-corrected chi connectivity index (χ3v) is 3.75. The monoisotopic (exact) mass is 275 g/mol. The van der Waals surface area contributed by atoms with Crippen LogP contribution in [0.4, 0.5) is 5.69 Å². The van der Waals surface area contributed by atoms with Crippen LogP contribution in [-0.2, 0) is 4.79 Å². The molecule has 1 aromatic rings. The number of benzene rings is 1. The second-order valence-electron chi connectivity index (χ2n) is 5.65. The minimum absolute atomic E-state index is 0.133. The molecule has 4 nitrogen and oxygen atoms in total. The molecular weight excluding hydrogens is 250 g/mol. The van der Waals surface area contributed by atoms with E-state index in [4.69, 9.17) is 0 Å². The van der Waals surface area contributed by atoms with Crippen molar-refractivity contribution in [1.29, 1.82) is 0 Å². The van der Waals surface area contributed by atoms with Crippen LogP contribution in [0, 0.1) is 0 Å². The summed E-state index contributed by atoms with van der Waals surface area (Å²) in [7, 11) is 2.01. The Balaban J connectivity index is 2.01. The highest BCUT2D eigenvalue weighted by atomic mass is 16.1. The van der Waals surface area contributed by atoms with E-state index in [2.05, 4.69) is 39.8 Å². The van der Waals surface area contributed by atoms with E-state index >= 15 is 0 Å². The number of anilines is 1. The number of amides is 1. The second kappa shape index (κ2) is 6.75. The number of fused-ring (bicyclic) bond motifs is 1. The van der Waals surface area contributed by atoms with Crippen molar-refractivity contribution in [2.45, 2.75) is 38.8 Å². The summed E-state index contributed by atoms with van der Waals surface area (Å²) >= 11 is 0. The first-order chi connectivity index (χ1) is 9.61. The van der Waals surface area contributed by atoms with Gasteiger partial charge in [-0.15, -0.1) is 0 Å². The number of carbonyl (C=O) groups excluding carboxylic acids is 1. The van der Waals surface area contributed by atoms with Crippen LogP contribution in [0.15, 0.2) is 24.3 Å². The van der Waals surface area contributed by atoms with E-state index in [9.17, 15) is 4.79 Å². The molecule has 0 aromatic heterocycles. The van der Waals surface area contributed by atoms with Crippen molar-refractivity contribution in [2.75, 3.05) is 25.0 Å². The van der Waals surface area contributed by atoms with Gasteiger partial charge in [0.15, 0.2) is 0 Å². The van der Waals surface area contributed by atoms with Crippen molar-refractivity contribution in [1.82, 2.24) is 10.6 Å². The van der Waals surface area contributed by atoms with Crippen molar-refractivity contribution in [3.05, 3.63) is 29.8 Å². The van der Waals surface area contributed by atoms with Gasteiger partial charge in [0.1, 0.15) is 0 Å². The van der Waals surface area contributed by atoms with Gasteiger partial charge in [-0.1, -0.05) is 18.2 Å². The molecule has 0 bridgehead atoms. The lowest BCUT2D eigenvalue weighted by atomic mass is 9.96. The van der Waals surface area contributed by atoms with Gasteiger partial charge in [-0.05, 0) is 38.9 Å². The second-order valence-corrected chi connectivity index (χ2v) is 5.65. The first-order valence-corrected chi connectivity index (χ1v) is 7.42. The van der Waals surface area contributed by atoms with Gasteiger partial charge in [-0.3, -0.25) is 4.79 Å². The summed E-state index contributed by atoms with van der Waals surface area (Å²) in [5, 5.41) is 6.31. The van der Waals surface area contributed by atoms with Gasteiger partial charge in [0.2, 0.25) is 5.91 Å². The fourth-order valence-electron chi connectivity index (χ4n) is 2.79. The van der Waals surface area contributed by atoms with E-state index < -0.39 is 0 Å².